The summed E-state index contributed by atoms with van der Waals surface area (Å²) in [5.74, 6) is -10.6. The topological polar surface area (TPSA) is 492 Å². The quantitative estimate of drug-likeness (QED) is 0.0244. The highest BCUT2D eigenvalue weighted by Gasteiger charge is 2.40. The molecule has 118 heavy (non-hydrogen) atoms. The van der Waals surface area contributed by atoms with Crippen molar-refractivity contribution in [2.24, 2.45) is 11.7 Å². The number of fused-ring (bicyclic) bond motifs is 1. The van der Waals surface area contributed by atoms with Gasteiger partial charge in [0.15, 0.2) is 0 Å². The highest BCUT2D eigenvalue weighted by atomic mass is 35.5. The Bertz CT molecular complexity index is 4320. The second-order valence-corrected chi connectivity index (χ2v) is 30.1. The number of hydrogen-bond donors (Lipinski definition) is 15. The van der Waals surface area contributed by atoms with Crippen molar-refractivity contribution in [1.82, 2.24) is 83.7 Å². The molecule has 0 aliphatic carbocycles. The largest absolute Gasteiger partial charge is 0.481 e. The zero-order valence-electron chi connectivity index (χ0n) is 67.7. The Morgan fingerprint density at radius 1 is 0.483 bits per heavy atom. The van der Waals surface area contributed by atoms with Crippen molar-refractivity contribution >= 4 is 105 Å². The summed E-state index contributed by atoms with van der Waals surface area (Å²) >= 11 is 6.27. The van der Waals surface area contributed by atoms with Crippen LogP contribution in [0.15, 0.2) is 140 Å². The molecule has 0 bridgehead atoms. The minimum absolute atomic E-state index is 0.0277. The van der Waals surface area contributed by atoms with Gasteiger partial charge in [-0.2, -0.15) is 0 Å². The van der Waals surface area contributed by atoms with Crippen LogP contribution in [0.3, 0.4) is 0 Å². The van der Waals surface area contributed by atoms with Crippen molar-refractivity contribution < 1.29 is 77.3 Å². The van der Waals surface area contributed by atoms with Crippen LogP contribution in [-0.4, -0.2) is 212 Å². The third-order valence-electron chi connectivity index (χ3n) is 19.1. The molecular weight excluding hydrogens is 1540 g/mol. The van der Waals surface area contributed by atoms with Gasteiger partial charge in [-0.15, -0.1) is 0 Å². The molecule has 6 aromatic rings. The number of aromatic nitrogens is 3. The molecule has 1 aliphatic heterocycles. The van der Waals surface area contributed by atoms with E-state index in [1.807, 2.05) is 70.2 Å². The minimum Gasteiger partial charge on any atom is -0.481 e. The lowest BCUT2D eigenvalue weighted by atomic mass is 9.99. The summed E-state index contributed by atoms with van der Waals surface area (Å²) in [6.07, 6.45) is 10.9. The van der Waals surface area contributed by atoms with Crippen LogP contribution in [0.4, 0.5) is 0 Å². The average Bonchev–Trinajstić information content (AvgIpc) is 1.52. The van der Waals surface area contributed by atoms with Crippen LogP contribution in [0.1, 0.15) is 163 Å². The number of hydrogen-bond acceptors (Lipinski definition) is 19. The van der Waals surface area contributed by atoms with E-state index in [2.05, 4.69) is 78.8 Å². The zero-order valence-corrected chi connectivity index (χ0v) is 68.5. The number of carboxylic acid groups (broad SMARTS) is 1. The van der Waals surface area contributed by atoms with Gasteiger partial charge in [-0.25, -0.2) is 0 Å². The Labute approximate surface area is 691 Å². The third kappa shape index (κ3) is 33.4. The summed E-state index contributed by atoms with van der Waals surface area (Å²) in [6.45, 7) is 11.3. The molecule has 4 heterocycles. The molecule has 636 valence electrons. The van der Waals surface area contributed by atoms with Crippen molar-refractivity contribution in [3.63, 3.8) is 0 Å². The van der Waals surface area contributed by atoms with Crippen molar-refractivity contribution in [1.29, 1.82) is 0 Å². The number of halogens is 1. The fourth-order valence-corrected chi connectivity index (χ4v) is 13.1. The number of carbonyl (C=O) groups excluding carboxylic acids is 13. The molecule has 3 aromatic carbocycles. The molecule has 16 N–H and O–H groups in total. The molecule has 0 radical (unpaired) electrons. The van der Waals surface area contributed by atoms with Gasteiger partial charge < -0.3 is 84.6 Å². The molecule has 1 fully saturated rings. The van der Waals surface area contributed by atoms with E-state index >= 15 is 9.59 Å². The number of nitrogens with two attached hydrogens (primary N) is 1. The standard InChI is InChI=1S/C82H108ClN17O14.C2H4O2/c1-50(2)41-65(76(108)95-64(26-11-12-37-88-51(3)4)82(114)100-40-18-27-70(100)81(113)91-52(5)71(84)103)96-75(107)63(25-10-14-39-90-73(105)60-23-17-36-87-48-60)93-74(106)62(24-9-13-38-89-72(104)59-22-16-35-86-47-59)94-80(112)69(49-101)99-79(111)68(45-56-19-15-34-85-46-56)98-78(110)67(43-54-29-32-61(83)33-30-54)97-77(109)66(92-53(6)102)44-55-28-31-57-20-7-8-21-58(57)42-55;1-2(3)4/h7-8,15-17,19-23,28-36,42,46-48,50-52,62-70,88,101H,9-14,18,24-27,37-41,43-45,49H2,1-6H3,(H2,84,103)(H,89,104)(H,90,105)(H,91,113)(H,92,102)(H,93,106)(H,94,112)(H,95,108)(H,96,107)(H,97,109)(H,98,110)(H,99,111);1H3,(H,3,4). The second kappa shape index (κ2) is 49.9. The summed E-state index contributed by atoms with van der Waals surface area (Å²) in [6, 6.07) is 15.9. The van der Waals surface area contributed by atoms with Crippen molar-refractivity contribution in [3.8, 4) is 0 Å². The molecule has 10 unspecified atom stereocenters. The van der Waals surface area contributed by atoms with Gasteiger partial charge in [0.1, 0.15) is 60.4 Å². The maximum absolute atomic E-state index is 15.2. The number of amides is 13. The molecule has 13 amide bonds. The molecule has 0 spiro atoms. The van der Waals surface area contributed by atoms with Gasteiger partial charge in [-0.3, -0.25) is 82.1 Å². The molecule has 1 aliphatic rings. The summed E-state index contributed by atoms with van der Waals surface area (Å²) in [7, 11) is 0. The Balaban J connectivity index is 0.00000528. The third-order valence-corrected chi connectivity index (χ3v) is 19.4. The first-order valence-corrected chi connectivity index (χ1v) is 40.1. The predicted octanol–water partition coefficient (Wildman–Crippen LogP) is 3.08. The molecule has 7 rings (SSSR count). The van der Waals surface area contributed by atoms with E-state index in [1.165, 1.54) is 55.9 Å². The Hall–Kier alpha value is -11.8. The van der Waals surface area contributed by atoms with Gasteiger partial charge in [0.05, 0.1) is 17.7 Å². The van der Waals surface area contributed by atoms with Crippen molar-refractivity contribution in [2.45, 2.75) is 211 Å². The van der Waals surface area contributed by atoms with Gasteiger partial charge in [0, 0.05) is 101 Å². The Morgan fingerprint density at radius 3 is 1.42 bits per heavy atom. The number of aliphatic hydroxyl groups is 1. The number of likely N-dealkylation sites (tertiary alicyclic amines) is 1. The normalized spacial score (nSPS) is 14.6. The van der Waals surface area contributed by atoms with Crippen LogP contribution in [0.2, 0.25) is 5.02 Å². The average molecular weight is 1650 g/mol. The summed E-state index contributed by atoms with van der Waals surface area (Å²) in [5.41, 5.74) is 7.74. The van der Waals surface area contributed by atoms with Crippen LogP contribution in [-0.2, 0) is 76.8 Å². The lowest BCUT2D eigenvalue weighted by molar-refractivity contribution is -0.142. The lowest BCUT2D eigenvalue weighted by Gasteiger charge is -2.31. The highest BCUT2D eigenvalue weighted by molar-refractivity contribution is 6.30. The van der Waals surface area contributed by atoms with E-state index in [0.717, 1.165) is 17.7 Å². The van der Waals surface area contributed by atoms with Crippen LogP contribution in [0.5, 0.6) is 0 Å². The fraction of sp³-hybridized carbons (Fsp3) is 0.464. The first-order chi connectivity index (χ1) is 56.4. The first kappa shape index (κ1) is 95.0. The van der Waals surface area contributed by atoms with E-state index in [0.29, 0.717) is 53.1 Å². The van der Waals surface area contributed by atoms with E-state index in [9.17, 15) is 57.8 Å². The number of carbonyl (C=O) groups is 14. The lowest BCUT2D eigenvalue weighted by Crippen LogP contribution is -2.61. The molecule has 10 atom stereocenters. The molecular formula is C84H112ClN17O16. The number of unbranched alkanes of at least 4 members (excludes halogenated alkanes) is 3. The number of primary amides is 1. The monoisotopic (exact) mass is 1650 g/mol. The Kier molecular flexibility index (Phi) is 40.2. The number of aliphatic carboxylic acids is 1. The fourth-order valence-electron chi connectivity index (χ4n) is 13.0. The van der Waals surface area contributed by atoms with E-state index in [4.69, 9.17) is 27.2 Å². The van der Waals surface area contributed by atoms with Gasteiger partial charge in [-0.1, -0.05) is 100.0 Å². The number of pyridine rings is 3. The summed E-state index contributed by atoms with van der Waals surface area (Å²) in [5, 5.41) is 54.2. The summed E-state index contributed by atoms with van der Waals surface area (Å²) in [4.78, 5) is 206. The van der Waals surface area contributed by atoms with Crippen molar-refractivity contribution in [3.05, 3.63) is 173 Å². The van der Waals surface area contributed by atoms with Crippen LogP contribution in [0.25, 0.3) is 10.8 Å². The molecule has 0 saturated carbocycles. The summed E-state index contributed by atoms with van der Waals surface area (Å²) < 4.78 is 0. The van der Waals surface area contributed by atoms with Gasteiger partial charge >= 0.3 is 0 Å². The molecule has 33 nitrogen and oxygen atoms in total. The first-order valence-electron chi connectivity index (χ1n) is 39.7. The highest BCUT2D eigenvalue weighted by Crippen LogP contribution is 2.23. The van der Waals surface area contributed by atoms with Crippen LogP contribution < -0.4 is 69.5 Å². The number of nitrogens with zero attached hydrogens (tertiary/aromatic N) is 4. The minimum atomic E-state index is -1.83. The van der Waals surface area contributed by atoms with E-state index < -0.39 is 150 Å². The molecule has 1 saturated heterocycles. The van der Waals surface area contributed by atoms with Gasteiger partial charge in [-0.05, 0) is 166 Å². The smallest absolute Gasteiger partial charge is 0.300 e. The predicted molar refractivity (Wildman–Crippen MR) is 441 cm³/mol. The number of carboxylic acids is 1. The second-order valence-electron chi connectivity index (χ2n) is 29.7. The number of aliphatic hydroxyl groups excluding tert-OH is 1. The SMILES string of the molecule is CC(=O)NC(Cc1ccc2ccccc2c1)C(=O)NC(Cc1ccc(Cl)cc1)C(=O)NC(Cc1cccnc1)C(=O)NC(CO)C(=O)NC(CCCCNC(=O)c1cccnc1)C(=O)NC(CCCCNC(=O)c1cccnc1)C(=O)NC(CC(C)C)C(=O)NC(CCCCNC(C)C)C(=O)N1CCCC1C(=O)NC(C)C(N)=O.CC(=O)O. The maximum Gasteiger partial charge on any atom is 0.300 e. The zero-order chi connectivity index (χ0) is 86.2. The van der Waals surface area contributed by atoms with Gasteiger partial charge in [0.25, 0.3) is 17.8 Å². The van der Waals surface area contributed by atoms with Crippen LogP contribution in [0, 0.1) is 5.92 Å². The maximum atomic E-state index is 15.2. The number of benzene rings is 3. The van der Waals surface area contributed by atoms with Crippen molar-refractivity contribution in [2.75, 3.05) is 32.8 Å². The van der Waals surface area contributed by atoms with Gasteiger partial charge in [0.2, 0.25) is 65.0 Å². The Morgan fingerprint density at radius 2 is 0.924 bits per heavy atom. The van der Waals surface area contributed by atoms with Crippen LogP contribution >= 0.6 is 11.6 Å². The molecule has 3 aromatic heterocycles. The van der Waals surface area contributed by atoms with E-state index in [1.54, 1.807) is 60.7 Å². The van der Waals surface area contributed by atoms with E-state index in [-0.39, 0.29) is 114 Å². The number of nitrogens with one attached hydrogen (secondary N) is 12. The molecule has 34 heteroatoms. The number of rotatable bonds is 46.